The number of ether oxygens (including phenoxy) is 1. The summed E-state index contributed by atoms with van der Waals surface area (Å²) in [6.07, 6.45) is 5.34. The molecular formula is C14H18ClN3O. The second-order valence-electron chi connectivity index (χ2n) is 5.13. The van der Waals surface area contributed by atoms with E-state index < -0.39 is 0 Å². The smallest absolute Gasteiger partial charge is 0.160 e. The number of nitrogens with zero attached hydrogens (tertiary/aromatic N) is 3. The number of hydrogen-bond donors (Lipinski definition) is 0. The average molecular weight is 280 g/mol. The highest BCUT2D eigenvalue weighted by atomic mass is 35.5. The first-order chi connectivity index (χ1) is 9.20. The van der Waals surface area contributed by atoms with Gasteiger partial charge in [0.05, 0.1) is 11.5 Å². The molecule has 102 valence electrons. The van der Waals surface area contributed by atoms with Crippen LogP contribution < -0.4 is 0 Å². The predicted octanol–water partition coefficient (Wildman–Crippen LogP) is 3.47. The second-order valence-corrected chi connectivity index (χ2v) is 5.78. The Bertz CT molecular complexity index is 581. The summed E-state index contributed by atoms with van der Waals surface area (Å²) in [6, 6.07) is 4.29. The van der Waals surface area contributed by atoms with E-state index in [4.69, 9.17) is 16.3 Å². The summed E-state index contributed by atoms with van der Waals surface area (Å²) >= 11 is 6.29. The molecule has 2 aromatic rings. The van der Waals surface area contributed by atoms with Crippen LogP contribution in [0.5, 0.6) is 0 Å². The molecule has 19 heavy (non-hydrogen) atoms. The van der Waals surface area contributed by atoms with Gasteiger partial charge in [-0.25, -0.2) is 9.97 Å². The molecule has 1 fully saturated rings. The van der Waals surface area contributed by atoms with Crippen LogP contribution in [0.15, 0.2) is 18.3 Å². The lowest BCUT2D eigenvalue weighted by Gasteiger charge is -2.17. The highest BCUT2D eigenvalue weighted by molar-refractivity contribution is 6.20. The molecule has 0 amide bonds. The van der Waals surface area contributed by atoms with E-state index in [-0.39, 0.29) is 5.38 Å². The van der Waals surface area contributed by atoms with Crippen molar-refractivity contribution in [1.82, 2.24) is 14.5 Å². The van der Waals surface area contributed by atoms with Crippen molar-refractivity contribution < 1.29 is 4.74 Å². The number of aromatic nitrogens is 3. The molecule has 3 atom stereocenters. The summed E-state index contributed by atoms with van der Waals surface area (Å²) in [5, 5.41) is -0.115. The van der Waals surface area contributed by atoms with Gasteiger partial charge in [0.15, 0.2) is 5.65 Å². The van der Waals surface area contributed by atoms with Crippen molar-refractivity contribution in [2.24, 2.45) is 0 Å². The van der Waals surface area contributed by atoms with Crippen LogP contribution in [0.1, 0.15) is 43.4 Å². The first-order valence-corrected chi connectivity index (χ1v) is 7.14. The van der Waals surface area contributed by atoms with Crippen molar-refractivity contribution in [2.45, 2.75) is 43.7 Å². The Labute approximate surface area is 117 Å². The van der Waals surface area contributed by atoms with Crippen LogP contribution in [0, 0.1) is 0 Å². The summed E-state index contributed by atoms with van der Waals surface area (Å²) in [7, 11) is 1.78. The molecule has 4 nitrogen and oxygen atoms in total. The molecule has 0 N–H and O–H groups in total. The molecule has 3 rings (SSSR count). The van der Waals surface area contributed by atoms with Crippen LogP contribution >= 0.6 is 11.6 Å². The summed E-state index contributed by atoms with van der Waals surface area (Å²) < 4.78 is 7.68. The number of imidazole rings is 1. The third-order valence-electron chi connectivity index (χ3n) is 3.89. The van der Waals surface area contributed by atoms with Gasteiger partial charge in [0, 0.05) is 19.3 Å². The summed E-state index contributed by atoms with van der Waals surface area (Å²) in [4.78, 5) is 9.12. The topological polar surface area (TPSA) is 39.9 Å². The Hall–Kier alpha value is -1.13. The van der Waals surface area contributed by atoms with Gasteiger partial charge in [-0.15, -0.1) is 11.6 Å². The minimum absolute atomic E-state index is 0.115. The molecule has 5 heteroatoms. The number of alkyl halides is 1. The maximum atomic E-state index is 6.29. The van der Waals surface area contributed by atoms with E-state index in [2.05, 4.69) is 14.5 Å². The fraction of sp³-hybridized carbons (Fsp3) is 0.571. The van der Waals surface area contributed by atoms with Crippen LogP contribution in [0.3, 0.4) is 0 Å². The maximum absolute atomic E-state index is 6.29. The fourth-order valence-corrected chi connectivity index (χ4v) is 3.11. The minimum atomic E-state index is -0.115. The highest BCUT2D eigenvalue weighted by Crippen LogP contribution is 2.36. The third-order valence-corrected chi connectivity index (χ3v) is 4.08. The molecule has 0 aliphatic heterocycles. The van der Waals surface area contributed by atoms with Crippen LogP contribution in [0.25, 0.3) is 11.2 Å². The van der Waals surface area contributed by atoms with Crippen molar-refractivity contribution in [3.8, 4) is 0 Å². The van der Waals surface area contributed by atoms with E-state index in [1.165, 1.54) is 0 Å². The first kappa shape index (κ1) is 12.9. The SMILES string of the molecule is COC1CCC(n2c(C(C)Cl)nc3cccnc32)C1. The number of fused-ring (bicyclic) bond motifs is 1. The van der Waals surface area contributed by atoms with Crippen LogP contribution in [0.2, 0.25) is 0 Å². The van der Waals surface area contributed by atoms with Crippen molar-refractivity contribution in [1.29, 1.82) is 0 Å². The lowest BCUT2D eigenvalue weighted by Crippen LogP contribution is -2.12. The Morgan fingerprint density at radius 3 is 3.00 bits per heavy atom. The number of methoxy groups -OCH3 is 1. The van der Waals surface area contributed by atoms with Crippen molar-refractivity contribution in [3.05, 3.63) is 24.2 Å². The Morgan fingerprint density at radius 2 is 2.32 bits per heavy atom. The van der Waals surface area contributed by atoms with E-state index in [0.717, 1.165) is 36.3 Å². The number of hydrogen-bond acceptors (Lipinski definition) is 3. The summed E-state index contributed by atoms with van der Waals surface area (Å²) in [5.74, 6) is 0.914. The van der Waals surface area contributed by atoms with Gasteiger partial charge in [-0.2, -0.15) is 0 Å². The zero-order valence-electron chi connectivity index (χ0n) is 11.2. The van der Waals surface area contributed by atoms with Gasteiger partial charge in [0.2, 0.25) is 0 Å². The maximum Gasteiger partial charge on any atom is 0.160 e. The first-order valence-electron chi connectivity index (χ1n) is 6.70. The summed E-state index contributed by atoms with van der Waals surface area (Å²) in [5.41, 5.74) is 1.86. The average Bonchev–Trinajstić information content (AvgIpc) is 3.02. The quantitative estimate of drug-likeness (QED) is 0.808. The van der Waals surface area contributed by atoms with Crippen molar-refractivity contribution in [2.75, 3.05) is 7.11 Å². The number of rotatable bonds is 3. The largest absolute Gasteiger partial charge is 0.381 e. The Kier molecular flexibility index (Phi) is 3.46. The van der Waals surface area contributed by atoms with Gasteiger partial charge in [0.1, 0.15) is 11.3 Å². The molecule has 1 saturated carbocycles. The van der Waals surface area contributed by atoms with Crippen molar-refractivity contribution in [3.63, 3.8) is 0 Å². The van der Waals surface area contributed by atoms with Gasteiger partial charge < -0.3 is 9.30 Å². The number of halogens is 1. The summed E-state index contributed by atoms with van der Waals surface area (Å²) in [6.45, 7) is 1.96. The normalized spacial score (nSPS) is 25.0. The molecule has 0 spiro atoms. The van der Waals surface area contributed by atoms with Crippen LogP contribution in [-0.4, -0.2) is 27.7 Å². The Morgan fingerprint density at radius 1 is 1.47 bits per heavy atom. The lowest BCUT2D eigenvalue weighted by atomic mass is 10.2. The predicted molar refractivity (Wildman–Crippen MR) is 75.5 cm³/mol. The molecule has 3 unspecified atom stereocenters. The van der Waals surface area contributed by atoms with Crippen molar-refractivity contribution >= 4 is 22.8 Å². The molecule has 2 aromatic heterocycles. The van der Waals surface area contributed by atoms with E-state index in [1.54, 1.807) is 7.11 Å². The van der Waals surface area contributed by atoms with Gasteiger partial charge in [-0.1, -0.05) is 0 Å². The molecule has 1 aliphatic carbocycles. The van der Waals surface area contributed by atoms with E-state index in [0.29, 0.717) is 12.1 Å². The fourth-order valence-electron chi connectivity index (χ4n) is 2.95. The zero-order chi connectivity index (χ0) is 13.4. The molecule has 0 saturated heterocycles. The Balaban J connectivity index is 2.08. The van der Waals surface area contributed by atoms with Gasteiger partial charge >= 0.3 is 0 Å². The second kappa shape index (κ2) is 5.10. The zero-order valence-corrected chi connectivity index (χ0v) is 12.0. The van der Waals surface area contributed by atoms with E-state index in [9.17, 15) is 0 Å². The monoisotopic (exact) mass is 279 g/mol. The third kappa shape index (κ3) is 2.23. The van der Waals surface area contributed by atoms with E-state index in [1.807, 2.05) is 25.3 Å². The van der Waals surface area contributed by atoms with Gasteiger partial charge in [-0.05, 0) is 38.3 Å². The van der Waals surface area contributed by atoms with Crippen LogP contribution in [0.4, 0.5) is 0 Å². The van der Waals surface area contributed by atoms with E-state index >= 15 is 0 Å². The van der Waals surface area contributed by atoms with Crippen LogP contribution in [-0.2, 0) is 4.74 Å². The standard InChI is InChI=1S/C14H18ClN3O/c1-9(15)13-17-12-4-3-7-16-14(12)18(13)10-5-6-11(8-10)19-2/h3-4,7,9-11H,5-6,8H2,1-2H3. The highest BCUT2D eigenvalue weighted by Gasteiger charge is 2.30. The molecule has 2 heterocycles. The molecule has 0 aromatic carbocycles. The number of pyridine rings is 1. The molecule has 0 bridgehead atoms. The van der Waals surface area contributed by atoms with Gasteiger partial charge in [-0.3, -0.25) is 0 Å². The molecule has 0 radical (unpaired) electrons. The van der Waals surface area contributed by atoms with Gasteiger partial charge in [0.25, 0.3) is 0 Å². The molecule has 1 aliphatic rings. The lowest BCUT2D eigenvalue weighted by molar-refractivity contribution is 0.106. The minimum Gasteiger partial charge on any atom is -0.381 e. The molecular weight excluding hydrogens is 262 g/mol.